The molecule has 4 heteroatoms. The number of nitrogens with one attached hydrogen (secondary N) is 1. The Morgan fingerprint density at radius 3 is 2.61 bits per heavy atom. The fourth-order valence-corrected chi connectivity index (χ4v) is 5.28. The average molecular weight is 406 g/mol. The van der Waals surface area contributed by atoms with Gasteiger partial charge in [0.25, 0.3) is 0 Å². The van der Waals surface area contributed by atoms with Gasteiger partial charge in [-0.2, -0.15) is 0 Å². The first kappa shape index (κ1) is 18.3. The highest BCUT2D eigenvalue weighted by Crippen LogP contribution is 2.50. The normalized spacial score (nSPS) is 19.8. The summed E-state index contributed by atoms with van der Waals surface area (Å²) in [4.78, 5) is 22.7. The van der Waals surface area contributed by atoms with Crippen LogP contribution in [0.2, 0.25) is 0 Å². The Balaban J connectivity index is 1.66. The Kier molecular flexibility index (Phi) is 3.82. The van der Waals surface area contributed by atoms with Gasteiger partial charge in [0.1, 0.15) is 0 Å². The van der Waals surface area contributed by atoms with Crippen LogP contribution in [0.25, 0.3) is 21.8 Å². The summed E-state index contributed by atoms with van der Waals surface area (Å²) in [5.74, 6) is 0.102. The van der Waals surface area contributed by atoms with E-state index in [2.05, 4.69) is 71.6 Å². The summed E-state index contributed by atoms with van der Waals surface area (Å²) >= 11 is 0. The number of nitrogens with zero attached hydrogens (tertiary/aromatic N) is 2. The second-order valence-electron chi connectivity index (χ2n) is 9.44. The highest BCUT2D eigenvalue weighted by atomic mass is 16.1. The fraction of sp³-hybridized carbons (Fsp3) is 0.222. The topological polar surface area (TPSA) is 54.9 Å². The smallest absolute Gasteiger partial charge is 0.162 e. The van der Waals surface area contributed by atoms with E-state index in [4.69, 9.17) is 0 Å². The zero-order chi connectivity index (χ0) is 21.2. The van der Waals surface area contributed by atoms with Crippen molar-refractivity contribution in [1.82, 2.24) is 9.97 Å². The monoisotopic (exact) mass is 405 g/mol. The van der Waals surface area contributed by atoms with Crippen molar-refractivity contribution in [2.75, 3.05) is 5.32 Å². The van der Waals surface area contributed by atoms with Gasteiger partial charge in [-0.15, -0.1) is 0 Å². The molecule has 0 amide bonds. The van der Waals surface area contributed by atoms with Crippen molar-refractivity contribution >= 4 is 33.3 Å². The Bertz CT molecular complexity index is 1420. The summed E-state index contributed by atoms with van der Waals surface area (Å²) in [5.41, 5.74) is 7.11. The minimum absolute atomic E-state index is 0.0473. The van der Waals surface area contributed by atoms with Crippen molar-refractivity contribution in [3.63, 3.8) is 0 Å². The molecule has 3 heterocycles. The molecule has 4 nitrogen and oxygen atoms in total. The number of allylic oxidation sites excluding steroid dienone is 2. The van der Waals surface area contributed by atoms with Crippen LogP contribution in [0.3, 0.4) is 0 Å². The van der Waals surface area contributed by atoms with Crippen molar-refractivity contribution in [2.45, 2.75) is 32.6 Å². The van der Waals surface area contributed by atoms with Gasteiger partial charge in [-0.3, -0.25) is 14.8 Å². The van der Waals surface area contributed by atoms with Crippen LogP contribution in [0.4, 0.5) is 5.69 Å². The molecule has 2 aliphatic rings. The molecule has 1 aliphatic heterocycles. The first-order valence-electron chi connectivity index (χ1n) is 10.8. The minimum Gasteiger partial charge on any atom is -0.358 e. The third kappa shape index (κ3) is 2.86. The molecule has 6 rings (SSSR count). The summed E-state index contributed by atoms with van der Waals surface area (Å²) in [6, 6.07) is 18.7. The fourth-order valence-electron chi connectivity index (χ4n) is 5.28. The van der Waals surface area contributed by atoms with E-state index in [9.17, 15) is 4.79 Å². The molecular weight excluding hydrogens is 382 g/mol. The lowest BCUT2D eigenvalue weighted by Crippen LogP contribution is -2.33. The average Bonchev–Trinajstić information content (AvgIpc) is 2.76. The molecule has 0 spiro atoms. The Hall–Kier alpha value is -3.53. The molecule has 0 fully saturated rings. The summed E-state index contributed by atoms with van der Waals surface area (Å²) < 4.78 is 0. The molecule has 0 saturated carbocycles. The lowest BCUT2D eigenvalue weighted by molar-refractivity contribution is -0.118. The van der Waals surface area contributed by atoms with Gasteiger partial charge in [0.05, 0.1) is 11.0 Å². The van der Waals surface area contributed by atoms with Crippen molar-refractivity contribution in [1.29, 1.82) is 0 Å². The van der Waals surface area contributed by atoms with E-state index in [1.54, 1.807) is 0 Å². The van der Waals surface area contributed by atoms with Gasteiger partial charge in [-0.1, -0.05) is 38.1 Å². The summed E-state index contributed by atoms with van der Waals surface area (Å²) in [7, 11) is 0. The van der Waals surface area contributed by atoms with E-state index < -0.39 is 0 Å². The maximum atomic E-state index is 13.5. The van der Waals surface area contributed by atoms with E-state index >= 15 is 0 Å². The van der Waals surface area contributed by atoms with E-state index in [0.717, 1.165) is 56.3 Å². The van der Waals surface area contributed by atoms with Gasteiger partial charge in [-0.25, -0.2) is 0 Å². The number of benzene rings is 2. The van der Waals surface area contributed by atoms with Crippen molar-refractivity contribution in [2.24, 2.45) is 5.41 Å². The molecule has 0 saturated heterocycles. The number of rotatable bonds is 1. The molecule has 2 aromatic heterocycles. The lowest BCUT2D eigenvalue weighted by Gasteiger charge is -2.40. The summed E-state index contributed by atoms with van der Waals surface area (Å²) in [6.45, 7) is 4.34. The van der Waals surface area contributed by atoms with Crippen molar-refractivity contribution in [3.05, 3.63) is 89.4 Å². The number of ketones is 1. The van der Waals surface area contributed by atoms with Gasteiger partial charge in [0.15, 0.2) is 5.78 Å². The number of fused-ring (bicyclic) bond motifs is 4. The van der Waals surface area contributed by atoms with Crippen LogP contribution in [0.15, 0.2) is 78.3 Å². The molecule has 0 radical (unpaired) electrons. The van der Waals surface area contributed by atoms with E-state index in [1.165, 1.54) is 0 Å². The molecule has 0 bridgehead atoms. The maximum Gasteiger partial charge on any atom is 0.162 e. The highest BCUT2D eigenvalue weighted by Gasteiger charge is 2.41. The Morgan fingerprint density at radius 2 is 1.74 bits per heavy atom. The zero-order valence-corrected chi connectivity index (χ0v) is 17.6. The van der Waals surface area contributed by atoms with Crippen LogP contribution < -0.4 is 5.32 Å². The Labute approximate surface area is 181 Å². The van der Waals surface area contributed by atoms with E-state index in [-0.39, 0.29) is 17.1 Å². The predicted octanol–water partition coefficient (Wildman–Crippen LogP) is 5.98. The third-order valence-electron chi connectivity index (χ3n) is 6.57. The number of aromatic nitrogens is 2. The molecule has 1 aliphatic carbocycles. The number of hydrogen-bond acceptors (Lipinski definition) is 4. The van der Waals surface area contributed by atoms with Gasteiger partial charge in [0.2, 0.25) is 0 Å². The van der Waals surface area contributed by atoms with Crippen LogP contribution >= 0.6 is 0 Å². The number of Topliss-reactive ketones (excluding diaryl/α,β-unsaturated/α-hetero) is 1. The van der Waals surface area contributed by atoms with Crippen LogP contribution in [-0.2, 0) is 4.79 Å². The van der Waals surface area contributed by atoms with Crippen LogP contribution in [0.1, 0.15) is 43.7 Å². The van der Waals surface area contributed by atoms with Gasteiger partial charge in [-0.05, 0) is 53.3 Å². The molecule has 1 atom stereocenters. The van der Waals surface area contributed by atoms with Crippen LogP contribution in [-0.4, -0.2) is 15.8 Å². The number of carbonyl (C=O) groups excluding carboxylic acids is 1. The largest absolute Gasteiger partial charge is 0.358 e. The molecular formula is C27H23N3O. The van der Waals surface area contributed by atoms with Crippen LogP contribution in [0, 0.1) is 5.41 Å². The standard InChI is InChI=1S/C27H23N3O/c1-27(2)14-22-26(23(31)15-27)24(17-8-7-16-5-3-11-29-21(16)13-17)25-18-6-4-12-28-19(18)9-10-20(25)30-22/h3-13,24,30H,14-15H2,1-2H3. The number of carbonyl (C=O) groups is 1. The van der Waals surface area contributed by atoms with Gasteiger partial charge < -0.3 is 5.32 Å². The summed E-state index contributed by atoms with van der Waals surface area (Å²) in [5, 5.41) is 5.82. The SMILES string of the molecule is CC1(C)CC(=O)C2=C(C1)Nc1ccc3ncccc3c1C2c1ccc2cccnc2c1. The number of anilines is 1. The summed E-state index contributed by atoms with van der Waals surface area (Å²) in [6.07, 6.45) is 5.06. The molecule has 4 aromatic rings. The molecule has 152 valence electrons. The number of hydrogen-bond donors (Lipinski definition) is 1. The van der Waals surface area contributed by atoms with Crippen molar-refractivity contribution in [3.8, 4) is 0 Å². The first-order chi connectivity index (χ1) is 15.0. The van der Waals surface area contributed by atoms with E-state index in [0.29, 0.717) is 6.42 Å². The minimum atomic E-state index is -0.130. The molecule has 2 aromatic carbocycles. The second kappa shape index (κ2) is 6.48. The zero-order valence-electron chi connectivity index (χ0n) is 17.6. The van der Waals surface area contributed by atoms with Crippen molar-refractivity contribution < 1.29 is 4.79 Å². The number of pyridine rings is 2. The van der Waals surface area contributed by atoms with Crippen LogP contribution in [0.5, 0.6) is 0 Å². The van der Waals surface area contributed by atoms with Gasteiger partial charge in [0, 0.05) is 52.5 Å². The first-order valence-corrected chi connectivity index (χ1v) is 10.8. The maximum absolute atomic E-state index is 13.5. The highest BCUT2D eigenvalue weighted by molar-refractivity contribution is 6.04. The third-order valence-corrected chi connectivity index (χ3v) is 6.57. The molecule has 1 N–H and O–H groups in total. The van der Waals surface area contributed by atoms with Gasteiger partial charge >= 0.3 is 0 Å². The lowest BCUT2D eigenvalue weighted by atomic mass is 9.68. The molecule has 1 unspecified atom stereocenters. The quantitative estimate of drug-likeness (QED) is 0.423. The molecule has 31 heavy (non-hydrogen) atoms. The van der Waals surface area contributed by atoms with E-state index in [1.807, 2.05) is 24.5 Å². The Morgan fingerprint density at radius 1 is 0.935 bits per heavy atom. The second-order valence-corrected chi connectivity index (χ2v) is 9.44. The predicted molar refractivity (Wildman–Crippen MR) is 124 cm³/mol.